The highest BCUT2D eigenvalue weighted by molar-refractivity contribution is 6.02. The summed E-state index contributed by atoms with van der Waals surface area (Å²) >= 11 is 0. The second kappa shape index (κ2) is 4.08. The lowest BCUT2D eigenvalue weighted by atomic mass is 10.3. The van der Waals surface area contributed by atoms with Crippen molar-refractivity contribution in [1.82, 2.24) is 10.2 Å². The summed E-state index contributed by atoms with van der Waals surface area (Å²) in [5, 5.41) is 2.19. The van der Waals surface area contributed by atoms with Gasteiger partial charge in [-0.2, -0.15) is 0 Å². The monoisotopic (exact) mass is 198 g/mol. The van der Waals surface area contributed by atoms with Gasteiger partial charge in [-0.05, 0) is 13.8 Å². The topological polar surface area (TPSA) is 87.8 Å². The molecular weight excluding hydrogens is 184 g/mol. The summed E-state index contributed by atoms with van der Waals surface area (Å²) in [5.74, 6) is -0.450. The van der Waals surface area contributed by atoms with Crippen molar-refractivity contribution >= 4 is 17.8 Å². The van der Waals surface area contributed by atoms with E-state index in [0.717, 1.165) is 0 Å². The van der Waals surface area contributed by atoms with Gasteiger partial charge in [-0.3, -0.25) is 19.9 Å². The van der Waals surface area contributed by atoms with Crippen molar-refractivity contribution in [1.29, 1.82) is 0 Å². The molecule has 2 amide bonds. The predicted molar refractivity (Wildman–Crippen MR) is 51.5 cm³/mol. The van der Waals surface area contributed by atoms with Gasteiger partial charge in [0.1, 0.15) is 13.1 Å². The van der Waals surface area contributed by atoms with Gasteiger partial charge in [-0.1, -0.05) is 0 Å². The van der Waals surface area contributed by atoms with Crippen LogP contribution >= 0.6 is 0 Å². The summed E-state index contributed by atoms with van der Waals surface area (Å²) in [5.41, 5.74) is 5.62. The lowest BCUT2D eigenvalue weighted by Crippen LogP contribution is -2.55. The number of hydrogen-bond acceptors (Lipinski definition) is 3. The van der Waals surface area contributed by atoms with E-state index in [1.54, 1.807) is 0 Å². The number of nitrogens with two attached hydrogens (primary N) is 1. The number of carbonyl (C=O) groups is 2. The molecule has 6 heteroatoms. The average Bonchev–Trinajstić information content (AvgIpc) is 2.00. The standard InChI is InChI=1S/C8H14N4O2/c1-5(2)10-8(9)12-3-6(13)11-7(14)4-12/h5H,3-4H2,1-2H3,(H2,9,10)(H,11,13,14). The van der Waals surface area contributed by atoms with E-state index in [2.05, 4.69) is 10.3 Å². The van der Waals surface area contributed by atoms with Gasteiger partial charge >= 0.3 is 0 Å². The maximum Gasteiger partial charge on any atom is 0.246 e. The smallest absolute Gasteiger partial charge is 0.246 e. The van der Waals surface area contributed by atoms with Gasteiger partial charge in [0.15, 0.2) is 5.96 Å². The normalized spacial score (nSPS) is 18.8. The van der Waals surface area contributed by atoms with Crippen molar-refractivity contribution in [2.75, 3.05) is 13.1 Å². The average molecular weight is 198 g/mol. The van der Waals surface area contributed by atoms with E-state index in [0.29, 0.717) is 0 Å². The Kier molecular flexibility index (Phi) is 3.06. The molecule has 0 aromatic rings. The first-order valence-corrected chi connectivity index (χ1v) is 4.40. The quantitative estimate of drug-likeness (QED) is 0.310. The van der Waals surface area contributed by atoms with Crippen molar-refractivity contribution in [2.24, 2.45) is 10.7 Å². The second-order valence-corrected chi connectivity index (χ2v) is 3.41. The van der Waals surface area contributed by atoms with Gasteiger partial charge in [0.25, 0.3) is 0 Å². The maximum atomic E-state index is 11.0. The van der Waals surface area contributed by atoms with Gasteiger partial charge < -0.3 is 10.6 Å². The van der Waals surface area contributed by atoms with Crippen LogP contribution in [0.1, 0.15) is 13.8 Å². The van der Waals surface area contributed by atoms with E-state index >= 15 is 0 Å². The minimum Gasteiger partial charge on any atom is -0.370 e. The van der Waals surface area contributed by atoms with E-state index in [9.17, 15) is 9.59 Å². The van der Waals surface area contributed by atoms with Gasteiger partial charge in [-0.25, -0.2) is 0 Å². The third-order valence-electron chi connectivity index (χ3n) is 1.66. The molecule has 1 heterocycles. The van der Waals surface area contributed by atoms with Crippen LogP contribution in [-0.2, 0) is 9.59 Å². The van der Waals surface area contributed by atoms with Crippen LogP contribution in [0.3, 0.4) is 0 Å². The fourth-order valence-corrected chi connectivity index (χ4v) is 1.15. The van der Waals surface area contributed by atoms with Crippen molar-refractivity contribution in [3.63, 3.8) is 0 Å². The van der Waals surface area contributed by atoms with E-state index in [1.807, 2.05) is 13.8 Å². The van der Waals surface area contributed by atoms with E-state index in [4.69, 9.17) is 5.73 Å². The zero-order chi connectivity index (χ0) is 10.7. The summed E-state index contributed by atoms with van der Waals surface area (Å²) in [6.07, 6.45) is 0. The SMILES string of the molecule is CC(C)N=C(N)N1CC(=O)NC(=O)C1. The summed E-state index contributed by atoms with van der Waals surface area (Å²) in [6, 6.07) is 0.0510. The van der Waals surface area contributed by atoms with Crippen molar-refractivity contribution in [2.45, 2.75) is 19.9 Å². The van der Waals surface area contributed by atoms with Crippen LogP contribution < -0.4 is 11.1 Å². The molecule has 0 aromatic heterocycles. The second-order valence-electron chi connectivity index (χ2n) is 3.41. The molecule has 0 aliphatic carbocycles. The lowest BCUT2D eigenvalue weighted by molar-refractivity contribution is -0.134. The molecule has 0 saturated carbocycles. The molecule has 0 bridgehead atoms. The summed E-state index contributed by atoms with van der Waals surface area (Å²) in [6.45, 7) is 3.93. The molecule has 1 aliphatic rings. The number of carbonyl (C=O) groups excluding carboxylic acids is 2. The highest BCUT2D eigenvalue weighted by atomic mass is 16.2. The molecule has 0 spiro atoms. The number of aliphatic imine (C=N–C) groups is 1. The predicted octanol–water partition coefficient (Wildman–Crippen LogP) is -1.33. The van der Waals surface area contributed by atoms with Crippen LogP contribution in [0.5, 0.6) is 0 Å². The molecule has 0 unspecified atom stereocenters. The Morgan fingerprint density at radius 3 is 2.36 bits per heavy atom. The van der Waals surface area contributed by atoms with Crippen molar-refractivity contribution < 1.29 is 9.59 Å². The van der Waals surface area contributed by atoms with Gasteiger partial charge in [0.2, 0.25) is 11.8 Å². The molecule has 6 nitrogen and oxygen atoms in total. The largest absolute Gasteiger partial charge is 0.370 e. The number of piperazine rings is 1. The van der Waals surface area contributed by atoms with E-state index in [1.165, 1.54) is 4.90 Å². The maximum absolute atomic E-state index is 11.0. The Bertz CT molecular complexity index is 269. The zero-order valence-corrected chi connectivity index (χ0v) is 8.28. The highest BCUT2D eigenvalue weighted by Crippen LogP contribution is 1.96. The Morgan fingerprint density at radius 1 is 1.43 bits per heavy atom. The first-order chi connectivity index (χ1) is 6.49. The molecule has 0 radical (unpaired) electrons. The van der Waals surface area contributed by atoms with Gasteiger partial charge in [-0.15, -0.1) is 0 Å². The molecule has 14 heavy (non-hydrogen) atoms. The van der Waals surface area contributed by atoms with Crippen LogP contribution in [0.25, 0.3) is 0 Å². The van der Waals surface area contributed by atoms with E-state index in [-0.39, 0.29) is 36.9 Å². The number of imide groups is 1. The summed E-state index contributed by atoms with van der Waals surface area (Å²) in [4.78, 5) is 27.5. The van der Waals surface area contributed by atoms with Crippen molar-refractivity contribution in [3.05, 3.63) is 0 Å². The summed E-state index contributed by atoms with van der Waals surface area (Å²) < 4.78 is 0. The molecule has 3 N–H and O–H groups in total. The van der Waals surface area contributed by atoms with Crippen LogP contribution in [0.4, 0.5) is 0 Å². The first kappa shape index (κ1) is 10.5. The lowest BCUT2D eigenvalue weighted by Gasteiger charge is -2.26. The van der Waals surface area contributed by atoms with Crippen LogP contribution in [0, 0.1) is 0 Å². The van der Waals surface area contributed by atoms with E-state index < -0.39 is 0 Å². The van der Waals surface area contributed by atoms with Crippen LogP contribution in [0.15, 0.2) is 4.99 Å². The Labute approximate surface area is 82.2 Å². The number of hydrogen-bond donors (Lipinski definition) is 2. The Morgan fingerprint density at radius 2 is 1.93 bits per heavy atom. The highest BCUT2D eigenvalue weighted by Gasteiger charge is 2.23. The van der Waals surface area contributed by atoms with Crippen LogP contribution in [-0.4, -0.2) is 41.8 Å². The first-order valence-electron chi connectivity index (χ1n) is 4.40. The molecule has 1 rings (SSSR count). The molecule has 78 valence electrons. The molecule has 1 saturated heterocycles. The number of guanidine groups is 1. The fourth-order valence-electron chi connectivity index (χ4n) is 1.15. The molecule has 0 aromatic carbocycles. The third-order valence-corrected chi connectivity index (χ3v) is 1.66. The molecular formula is C8H14N4O2. The van der Waals surface area contributed by atoms with Gasteiger partial charge in [0, 0.05) is 6.04 Å². The Hall–Kier alpha value is -1.59. The number of amides is 2. The molecule has 0 atom stereocenters. The minimum atomic E-state index is -0.344. The zero-order valence-electron chi connectivity index (χ0n) is 8.28. The minimum absolute atomic E-state index is 0.0510. The Balaban J connectivity index is 2.68. The van der Waals surface area contributed by atoms with Crippen molar-refractivity contribution in [3.8, 4) is 0 Å². The molecule has 1 fully saturated rings. The fraction of sp³-hybridized carbons (Fsp3) is 0.625. The molecule has 1 aliphatic heterocycles. The summed E-state index contributed by atoms with van der Waals surface area (Å²) in [7, 11) is 0. The number of nitrogens with zero attached hydrogens (tertiary/aromatic N) is 2. The number of nitrogens with one attached hydrogen (secondary N) is 1. The number of rotatable bonds is 1. The third kappa shape index (κ3) is 2.72. The van der Waals surface area contributed by atoms with Crippen LogP contribution in [0.2, 0.25) is 0 Å². The van der Waals surface area contributed by atoms with Gasteiger partial charge in [0.05, 0.1) is 0 Å².